The SMILES string of the molecule is CC(C)c1ccccc1-c1cc2c(cc1C(C)(C)C)-c1cc(C(C)(C)C)c(-c3ccccc3C(C)C)cc1C2.[Cl][Zr][Cl]. The van der Waals surface area contributed by atoms with Gasteiger partial charge in [-0.2, -0.15) is 0 Å². The van der Waals surface area contributed by atoms with Crippen LogP contribution in [0, 0.1) is 0 Å². The molecular weight excluding hydrogens is 631 g/mol. The van der Waals surface area contributed by atoms with E-state index in [-0.39, 0.29) is 10.8 Å². The molecule has 1 aliphatic rings. The quantitative estimate of drug-likeness (QED) is 0.178. The Hall–Kier alpha value is -1.66. The Bertz CT molecular complexity index is 1450. The zero-order valence-electron chi connectivity index (χ0n) is 27.0. The first-order valence-corrected chi connectivity index (χ1v) is 21.5. The molecule has 4 aromatic carbocycles. The predicted octanol–water partition coefficient (Wildman–Crippen LogP) is 12.8. The molecule has 0 aromatic heterocycles. The molecule has 1 aliphatic carbocycles. The number of benzene rings is 4. The maximum absolute atomic E-state index is 4.93. The summed E-state index contributed by atoms with van der Waals surface area (Å²) in [5.41, 5.74) is 17.2. The molecule has 0 N–H and O–H groups in total. The van der Waals surface area contributed by atoms with Crippen LogP contribution in [0.15, 0.2) is 72.8 Å². The van der Waals surface area contributed by atoms with Gasteiger partial charge in [-0.25, -0.2) is 0 Å². The van der Waals surface area contributed by atoms with Gasteiger partial charge in [0.15, 0.2) is 0 Å². The van der Waals surface area contributed by atoms with Crippen LogP contribution in [0.4, 0.5) is 0 Å². The molecule has 4 aromatic rings. The van der Waals surface area contributed by atoms with Crippen molar-refractivity contribution in [1.82, 2.24) is 0 Å². The van der Waals surface area contributed by atoms with E-state index in [0.717, 1.165) is 6.42 Å². The van der Waals surface area contributed by atoms with Crippen molar-refractivity contribution in [2.75, 3.05) is 0 Å². The van der Waals surface area contributed by atoms with Crippen molar-refractivity contribution in [1.29, 1.82) is 0 Å². The van der Waals surface area contributed by atoms with Gasteiger partial charge in [0.2, 0.25) is 0 Å². The fraction of sp³-hybridized carbons (Fsp3) is 0.385. The van der Waals surface area contributed by atoms with Crippen LogP contribution in [-0.4, -0.2) is 0 Å². The summed E-state index contributed by atoms with van der Waals surface area (Å²) in [7, 11) is 9.87. The molecule has 0 aliphatic heterocycles. The van der Waals surface area contributed by atoms with E-state index in [1.54, 1.807) is 0 Å². The molecular formula is C39H46Cl2Zr. The van der Waals surface area contributed by atoms with Crippen molar-refractivity contribution < 1.29 is 20.8 Å². The van der Waals surface area contributed by atoms with Gasteiger partial charge in [0, 0.05) is 0 Å². The van der Waals surface area contributed by atoms with Gasteiger partial charge in [0.25, 0.3) is 0 Å². The standard InChI is InChI=1S/C39H46.2ClH.Zr/c1-24(2)28-15-11-13-17-30(28)34-20-26-19-27-21-35(31-18-14-12-16-29(31)25(3)4)37(39(8,9)10)23-33(27)32(26)22-36(34)38(5,6)7;;;/h11-18,20-25H,19H2,1-10H3;2*1H;/q;;;+2/p-2. The summed E-state index contributed by atoms with van der Waals surface area (Å²) < 4.78 is 0. The molecule has 0 atom stereocenters. The first-order chi connectivity index (χ1) is 19.7. The maximum atomic E-state index is 4.93. The molecule has 0 saturated carbocycles. The van der Waals surface area contributed by atoms with Gasteiger partial charge in [-0.05, 0) is 120 Å². The zero-order chi connectivity index (χ0) is 31.0. The second-order valence-electron chi connectivity index (χ2n) is 14.3. The Morgan fingerprint density at radius 1 is 0.524 bits per heavy atom. The van der Waals surface area contributed by atoms with Crippen LogP contribution in [0.2, 0.25) is 0 Å². The van der Waals surface area contributed by atoms with Gasteiger partial charge in [0.1, 0.15) is 0 Å². The van der Waals surface area contributed by atoms with Gasteiger partial charge in [0.05, 0.1) is 0 Å². The molecule has 0 fully saturated rings. The van der Waals surface area contributed by atoms with Crippen molar-refractivity contribution in [3.63, 3.8) is 0 Å². The Morgan fingerprint density at radius 2 is 0.857 bits per heavy atom. The van der Waals surface area contributed by atoms with Crippen molar-refractivity contribution in [3.05, 3.63) is 106 Å². The second kappa shape index (κ2) is 13.1. The molecule has 0 spiro atoms. The average molecular weight is 677 g/mol. The summed E-state index contributed by atoms with van der Waals surface area (Å²) in [6.45, 7) is 23.4. The number of fused-ring (bicyclic) bond motifs is 3. The molecule has 0 unspecified atom stereocenters. The summed E-state index contributed by atoms with van der Waals surface area (Å²) >= 11 is -0.826. The van der Waals surface area contributed by atoms with Gasteiger partial charge in [-0.3, -0.25) is 0 Å². The zero-order valence-corrected chi connectivity index (χ0v) is 31.0. The van der Waals surface area contributed by atoms with E-state index in [2.05, 4.69) is 142 Å². The Balaban J connectivity index is 0.00000129. The van der Waals surface area contributed by atoms with Crippen LogP contribution >= 0.6 is 17.0 Å². The third kappa shape index (κ3) is 6.85. The first-order valence-electron chi connectivity index (χ1n) is 15.2. The van der Waals surface area contributed by atoms with Crippen LogP contribution in [0.5, 0.6) is 0 Å². The molecule has 0 amide bonds. The average Bonchev–Trinajstić information content (AvgIpc) is 3.27. The van der Waals surface area contributed by atoms with Crippen molar-refractivity contribution in [2.45, 2.75) is 98.3 Å². The van der Waals surface area contributed by atoms with Crippen LogP contribution in [-0.2, 0) is 38.1 Å². The van der Waals surface area contributed by atoms with E-state index < -0.39 is 20.8 Å². The molecule has 0 bridgehead atoms. The van der Waals surface area contributed by atoms with Gasteiger partial charge < -0.3 is 0 Å². The predicted molar refractivity (Wildman–Crippen MR) is 183 cm³/mol. The van der Waals surface area contributed by atoms with Crippen molar-refractivity contribution >= 4 is 17.0 Å². The summed E-state index contributed by atoms with van der Waals surface area (Å²) in [6, 6.07) is 28.1. The van der Waals surface area contributed by atoms with Gasteiger partial charge in [-0.1, -0.05) is 118 Å². The molecule has 0 radical (unpaired) electrons. The van der Waals surface area contributed by atoms with Crippen LogP contribution in [0.3, 0.4) is 0 Å². The van der Waals surface area contributed by atoms with E-state index in [1.165, 1.54) is 66.8 Å². The van der Waals surface area contributed by atoms with Gasteiger partial charge in [-0.15, -0.1) is 0 Å². The Morgan fingerprint density at radius 3 is 1.17 bits per heavy atom. The monoisotopic (exact) mass is 674 g/mol. The molecule has 220 valence electrons. The number of hydrogen-bond donors (Lipinski definition) is 0. The molecule has 0 saturated heterocycles. The van der Waals surface area contributed by atoms with Crippen molar-refractivity contribution in [3.8, 4) is 33.4 Å². The van der Waals surface area contributed by atoms with E-state index in [0.29, 0.717) is 11.8 Å². The molecule has 42 heavy (non-hydrogen) atoms. The summed E-state index contributed by atoms with van der Waals surface area (Å²) in [5.74, 6) is 0.967. The van der Waals surface area contributed by atoms with E-state index in [1.807, 2.05) is 0 Å². The number of halogens is 2. The summed E-state index contributed by atoms with van der Waals surface area (Å²) in [5, 5.41) is 0. The van der Waals surface area contributed by atoms with Crippen LogP contribution < -0.4 is 0 Å². The van der Waals surface area contributed by atoms with Gasteiger partial charge >= 0.3 is 37.9 Å². The second-order valence-corrected chi connectivity index (χ2v) is 18.1. The van der Waals surface area contributed by atoms with Crippen LogP contribution in [0.1, 0.15) is 114 Å². The first kappa shape index (κ1) is 33.2. The third-order valence-corrected chi connectivity index (χ3v) is 8.52. The van der Waals surface area contributed by atoms with E-state index >= 15 is 0 Å². The Labute approximate surface area is 273 Å². The minimum absolute atomic E-state index is 0.0419. The Kier molecular flexibility index (Phi) is 10.4. The van der Waals surface area contributed by atoms with Crippen LogP contribution in [0.25, 0.3) is 33.4 Å². The van der Waals surface area contributed by atoms with Crippen molar-refractivity contribution in [2.24, 2.45) is 0 Å². The number of rotatable bonds is 4. The van der Waals surface area contributed by atoms with E-state index in [4.69, 9.17) is 17.0 Å². The summed E-state index contributed by atoms with van der Waals surface area (Å²) in [6.07, 6.45) is 0.993. The fourth-order valence-electron chi connectivity index (χ4n) is 6.47. The molecule has 0 nitrogen and oxygen atoms in total. The minimum atomic E-state index is -0.826. The summed E-state index contributed by atoms with van der Waals surface area (Å²) in [4.78, 5) is 0. The molecule has 3 heteroatoms. The topological polar surface area (TPSA) is 0 Å². The third-order valence-electron chi connectivity index (χ3n) is 8.52. The van der Waals surface area contributed by atoms with E-state index in [9.17, 15) is 0 Å². The fourth-order valence-corrected chi connectivity index (χ4v) is 6.47. The molecule has 0 heterocycles. The number of hydrogen-bond acceptors (Lipinski definition) is 0. The molecule has 5 rings (SSSR count). The normalized spacial score (nSPS) is 12.6.